The molecule has 0 saturated carbocycles. The van der Waals surface area contributed by atoms with Crippen LogP contribution in [0, 0.1) is 0 Å². The van der Waals surface area contributed by atoms with Crippen LogP contribution in [0.2, 0.25) is 0 Å². The molecule has 1 aromatic rings. The fraction of sp³-hybridized carbons (Fsp3) is 0.538. The minimum atomic E-state index is 0.338. The molecule has 15 heavy (non-hydrogen) atoms. The van der Waals surface area contributed by atoms with Crippen molar-refractivity contribution >= 4 is 0 Å². The van der Waals surface area contributed by atoms with Crippen molar-refractivity contribution in [2.24, 2.45) is 0 Å². The number of hydrogen-bond donors (Lipinski definition) is 0. The van der Waals surface area contributed by atoms with Gasteiger partial charge < -0.3 is 9.47 Å². The van der Waals surface area contributed by atoms with E-state index in [9.17, 15) is 0 Å². The monoisotopic (exact) mass is 208 g/mol. The molecule has 0 radical (unpaired) electrons. The number of ether oxygens (including phenoxy) is 2. The quantitative estimate of drug-likeness (QED) is 0.641. The average Bonchev–Trinajstić information content (AvgIpc) is 2.29. The first-order valence-corrected chi connectivity index (χ1v) is 5.56. The van der Waals surface area contributed by atoms with E-state index in [2.05, 4.69) is 26.0 Å². The maximum Gasteiger partial charge on any atom is 0.0718 e. The van der Waals surface area contributed by atoms with Gasteiger partial charge in [0.2, 0.25) is 0 Å². The van der Waals surface area contributed by atoms with Crippen molar-refractivity contribution in [1.29, 1.82) is 0 Å². The van der Waals surface area contributed by atoms with Gasteiger partial charge in [0.25, 0.3) is 0 Å². The van der Waals surface area contributed by atoms with Crippen LogP contribution in [0.4, 0.5) is 0 Å². The minimum Gasteiger partial charge on any atom is -0.376 e. The minimum absolute atomic E-state index is 0.338. The van der Waals surface area contributed by atoms with E-state index in [-0.39, 0.29) is 0 Å². The number of hydrogen-bond acceptors (Lipinski definition) is 2. The summed E-state index contributed by atoms with van der Waals surface area (Å²) in [4.78, 5) is 0. The van der Waals surface area contributed by atoms with Gasteiger partial charge in [0.05, 0.1) is 25.9 Å². The largest absolute Gasteiger partial charge is 0.376 e. The number of benzene rings is 1. The lowest BCUT2D eigenvalue weighted by molar-refractivity contribution is 0.00633. The Bertz CT molecular complexity index is 246. The standard InChI is InChI=1S/C13H20O2/c1-3-12(2)15-10-9-14-11-13-7-5-4-6-8-13/h4-8,12H,3,9-11H2,1-2H3. The molecule has 0 aliphatic carbocycles. The summed E-state index contributed by atoms with van der Waals surface area (Å²) < 4.78 is 11.0. The van der Waals surface area contributed by atoms with E-state index >= 15 is 0 Å². The fourth-order valence-electron chi connectivity index (χ4n) is 1.19. The van der Waals surface area contributed by atoms with Crippen molar-refractivity contribution in [1.82, 2.24) is 0 Å². The third kappa shape index (κ3) is 5.55. The third-order valence-electron chi connectivity index (χ3n) is 2.32. The van der Waals surface area contributed by atoms with E-state index in [0.29, 0.717) is 25.9 Å². The Morgan fingerprint density at radius 2 is 1.87 bits per heavy atom. The summed E-state index contributed by atoms with van der Waals surface area (Å²) in [5, 5.41) is 0. The van der Waals surface area contributed by atoms with Crippen molar-refractivity contribution in [3.05, 3.63) is 35.9 Å². The predicted octanol–water partition coefficient (Wildman–Crippen LogP) is 3.02. The summed E-state index contributed by atoms with van der Waals surface area (Å²) >= 11 is 0. The highest BCUT2D eigenvalue weighted by Crippen LogP contribution is 2.00. The molecule has 0 aliphatic heterocycles. The zero-order valence-corrected chi connectivity index (χ0v) is 9.61. The van der Waals surface area contributed by atoms with Crippen LogP contribution in [0.5, 0.6) is 0 Å². The van der Waals surface area contributed by atoms with Crippen LogP contribution in [-0.2, 0) is 16.1 Å². The van der Waals surface area contributed by atoms with Crippen LogP contribution in [-0.4, -0.2) is 19.3 Å². The van der Waals surface area contributed by atoms with E-state index in [4.69, 9.17) is 9.47 Å². The summed E-state index contributed by atoms with van der Waals surface area (Å²) in [6.45, 7) is 6.22. The third-order valence-corrected chi connectivity index (χ3v) is 2.32. The summed E-state index contributed by atoms with van der Waals surface area (Å²) in [5.41, 5.74) is 1.21. The molecular weight excluding hydrogens is 188 g/mol. The average molecular weight is 208 g/mol. The molecule has 0 N–H and O–H groups in total. The molecular formula is C13H20O2. The Hall–Kier alpha value is -0.860. The molecule has 1 unspecified atom stereocenters. The van der Waals surface area contributed by atoms with Crippen molar-refractivity contribution in [2.45, 2.75) is 33.0 Å². The smallest absolute Gasteiger partial charge is 0.0718 e. The summed E-state index contributed by atoms with van der Waals surface area (Å²) in [5.74, 6) is 0. The lowest BCUT2D eigenvalue weighted by Gasteiger charge is -2.10. The van der Waals surface area contributed by atoms with Gasteiger partial charge in [-0.2, -0.15) is 0 Å². The Morgan fingerprint density at radius 3 is 2.53 bits per heavy atom. The van der Waals surface area contributed by atoms with E-state index < -0.39 is 0 Å². The van der Waals surface area contributed by atoms with Gasteiger partial charge in [-0.1, -0.05) is 37.3 Å². The van der Waals surface area contributed by atoms with Crippen molar-refractivity contribution in [3.63, 3.8) is 0 Å². The van der Waals surface area contributed by atoms with E-state index in [0.717, 1.165) is 6.42 Å². The van der Waals surface area contributed by atoms with Gasteiger partial charge >= 0.3 is 0 Å². The molecule has 0 fully saturated rings. The van der Waals surface area contributed by atoms with Gasteiger partial charge in [0.15, 0.2) is 0 Å². The Morgan fingerprint density at radius 1 is 1.13 bits per heavy atom. The van der Waals surface area contributed by atoms with Crippen molar-refractivity contribution in [2.75, 3.05) is 13.2 Å². The molecule has 0 bridgehead atoms. The normalized spacial score (nSPS) is 12.7. The van der Waals surface area contributed by atoms with Gasteiger partial charge in [-0.3, -0.25) is 0 Å². The molecule has 0 aromatic heterocycles. The fourth-order valence-corrected chi connectivity index (χ4v) is 1.19. The van der Waals surface area contributed by atoms with Crippen molar-refractivity contribution in [3.8, 4) is 0 Å². The molecule has 1 rings (SSSR count). The van der Waals surface area contributed by atoms with Crippen molar-refractivity contribution < 1.29 is 9.47 Å². The van der Waals surface area contributed by atoms with E-state index in [1.54, 1.807) is 0 Å². The zero-order chi connectivity index (χ0) is 10.9. The molecule has 0 heterocycles. The molecule has 1 atom stereocenters. The maximum atomic E-state index is 5.50. The second-order valence-electron chi connectivity index (χ2n) is 3.63. The lowest BCUT2D eigenvalue weighted by Crippen LogP contribution is -2.11. The molecule has 2 heteroatoms. The summed E-state index contributed by atoms with van der Waals surface area (Å²) in [6.07, 6.45) is 1.39. The Balaban J connectivity index is 2.03. The number of rotatable bonds is 7. The van der Waals surface area contributed by atoms with Crippen LogP contribution in [0.3, 0.4) is 0 Å². The Labute approximate surface area is 92.2 Å². The van der Waals surface area contributed by atoms with Crippen LogP contribution >= 0.6 is 0 Å². The molecule has 1 aromatic carbocycles. The van der Waals surface area contributed by atoms with E-state index in [1.165, 1.54) is 5.56 Å². The summed E-state index contributed by atoms with van der Waals surface area (Å²) in [7, 11) is 0. The lowest BCUT2D eigenvalue weighted by atomic mass is 10.2. The molecule has 84 valence electrons. The van der Waals surface area contributed by atoms with Crippen LogP contribution in [0.1, 0.15) is 25.8 Å². The molecule has 0 aliphatic rings. The molecule has 0 spiro atoms. The zero-order valence-electron chi connectivity index (χ0n) is 9.61. The van der Waals surface area contributed by atoms with Gasteiger partial charge in [-0.05, 0) is 18.9 Å². The highest BCUT2D eigenvalue weighted by atomic mass is 16.5. The van der Waals surface area contributed by atoms with Gasteiger partial charge in [-0.25, -0.2) is 0 Å². The van der Waals surface area contributed by atoms with Gasteiger partial charge in [0.1, 0.15) is 0 Å². The van der Waals surface area contributed by atoms with Gasteiger partial charge in [-0.15, -0.1) is 0 Å². The van der Waals surface area contributed by atoms with Crippen LogP contribution in [0.15, 0.2) is 30.3 Å². The molecule has 0 amide bonds. The SMILES string of the molecule is CCC(C)OCCOCc1ccccc1. The highest BCUT2D eigenvalue weighted by molar-refractivity contribution is 5.13. The van der Waals surface area contributed by atoms with Gasteiger partial charge in [0, 0.05) is 0 Å². The topological polar surface area (TPSA) is 18.5 Å². The van der Waals surface area contributed by atoms with Crippen LogP contribution in [0.25, 0.3) is 0 Å². The predicted molar refractivity (Wildman–Crippen MR) is 61.8 cm³/mol. The summed E-state index contributed by atoms with van der Waals surface area (Å²) in [6, 6.07) is 10.2. The Kier molecular flexibility index (Phi) is 6.05. The maximum absolute atomic E-state index is 5.50. The first kappa shape index (κ1) is 12.2. The second kappa shape index (κ2) is 7.43. The highest BCUT2D eigenvalue weighted by Gasteiger charge is 1.97. The first-order chi connectivity index (χ1) is 7.33. The van der Waals surface area contributed by atoms with E-state index in [1.807, 2.05) is 18.2 Å². The first-order valence-electron chi connectivity index (χ1n) is 5.56. The second-order valence-corrected chi connectivity index (χ2v) is 3.63. The molecule has 0 saturated heterocycles. The molecule has 2 nitrogen and oxygen atoms in total. The van der Waals surface area contributed by atoms with Crippen LogP contribution < -0.4 is 0 Å².